The molecule has 1 atom stereocenters. The van der Waals surface area contributed by atoms with Crippen LogP contribution in [-0.2, 0) is 0 Å². The molecule has 0 bridgehead atoms. The van der Waals surface area contributed by atoms with E-state index < -0.39 is 0 Å². The average Bonchev–Trinajstić information content (AvgIpc) is 1.83. The largest absolute Gasteiger partial charge is 0.309 e. The normalized spacial score (nSPS) is 20.9. The van der Waals surface area contributed by atoms with Crippen LogP contribution in [0.3, 0.4) is 0 Å². The van der Waals surface area contributed by atoms with E-state index in [-0.39, 0.29) is 12.4 Å². The van der Waals surface area contributed by atoms with Crippen LogP contribution in [0.2, 0.25) is 0 Å². The van der Waals surface area contributed by atoms with Crippen LogP contribution in [0, 0.1) is 0 Å². The molecule has 1 aliphatic heterocycles. The number of rotatable bonds is 1. The van der Waals surface area contributed by atoms with Crippen LogP contribution in [0.25, 0.3) is 0 Å². The predicted molar refractivity (Wildman–Crippen MR) is 54.5 cm³/mol. The summed E-state index contributed by atoms with van der Waals surface area (Å²) in [5.41, 5.74) is 1.14. The molecule has 1 N–H and O–H groups in total. The third kappa shape index (κ3) is 1.97. The zero-order valence-corrected chi connectivity index (χ0v) is 8.86. The van der Waals surface area contributed by atoms with Crippen molar-refractivity contribution >= 4 is 28.3 Å². The lowest BCUT2D eigenvalue weighted by Gasteiger charge is -2.26. The molecule has 0 aromatic carbocycles. The van der Waals surface area contributed by atoms with Crippen molar-refractivity contribution in [1.82, 2.24) is 10.3 Å². The maximum Gasteiger partial charge on any atom is 0.106 e. The van der Waals surface area contributed by atoms with E-state index in [9.17, 15) is 0 Å². The van der Waals surface area contributed by atoms with Gasteiger partial charge in [-0.15, -0.1) is 12.4 Å². The molecular formula is C8H10BrClN2. The molecule has 2 heterocycles. The van der Waals surface area contributed by atoms with E-state index in [1.165, 1.54) is 6.42 Å². The van der Waals surface area contributed by atoms with Crippen LogP contribution < -0.4 is 5.32 Å². The highest BCUT2D eigenvalue weighted by Gasteiger charge is 2.19. The summed E-state index contributed by atoms with van der Waals surface area (Å²) in [6, 6.07) is 6.52. The Morgan fingerprint density at radius 2 is 2.25 bits per heavy atom. The first kappa shape index (κ1) is 9.96. The van der Waals surface area contributed by atoms with Crippen molar-refractivity contribution in [1.29, 1.82) is 0 Å². The lowest BCUT2D eigenvalue weighted by atomic mass is 10.0. The Kier molecular flexibility index (Phi) is 3.50. The van der Waals surface area contributed by atoms with Crippen molar-refractivity contribution in [3.63, 3.8) is 0 Å². The Labute approximate surface area is 86.3 Å². The molecule has 0 aliphatic carbocycles. The Bertz CT molecular complexity index is 263. The van der Waals surface area contributed by atoms with Gasteiger partial charge in [0.25, 0.3) is 0 Å². The summed E-state index contributed by atoms with van der Waals surface area (Å²) in [7, 11) is 0. The topological polar surface area (TPSA) is 24.9 Å². The second-order valence-electron chi connectivity index (χ2n) is 2.68. The number of hydrogen-bond donors (Lipinski definition) is 1. The molecule has 1 aromatic rings. The summed E-state index contributed by atoms with van der Waals surface area (Å²) < 4.78 is 0.920. The van der Waals surface area contributed by atoms with Gasteiger partial charge in [0.05, 0.1) is 11.7 Å². The Morgan fingerprint density at radius 3 is 2.75 bits per heavy atom. The van der Waals surface area contributed by atoms with Crippen molar-refractivity contribution in [3.8, 4) is 0 Å². The van der Waals surface area contributed by atoms with Crippen LogP contribution >= 0.6 is 28.3 Å². The maximum absolute atomic E-state index is 4.35. The molecule has 0 radical (unpaired) electrons. The highest BCUT2D eigenvalue weighted by molar-refractivity contribution is 9.10. The molecule has 0 saturated carbocycles. The molecule has 66 valence electrons. The van der Waals surface area contributed by atoms with Gasteiger partial charge in [0.1, 0.15) is 4.60 Å². The highest BCUT2D eigenvalue weighted by Crippen LogP contribution is 2.21. The number of aromatic nitrogens is 1. The molecule has 2 rings (SSSR count). The molecule has 2 nitrogen and oxygen atoms in total. The zero-order chi connectivity index (χ0) is 7.68. The van der Waals surface area contributed by atoms with Crippen molar-refractivity contribution < 1.29 is 0 Å². The van der Waals surface area contributed by atoms with Gasteiger partial charge >= 0.3 is 0 Å². The first-order valence-electron chi connectivity index (χ1n) is 3.72. The van der Waals surface area contributed by atoms with E-state index in [0.29, 0.717) is 6.04 Å². The first-order chi connectivity index (χ1) is 5.36. The van der Waals surface area contributed by atoms with E-state index in [2.05, 4.69) is 32.3 Å². The summed E-state index contributed by atoms with van der Waals surface area (Å²) in [6.45, 7) is 1.12. The third-order valence-corrected chi connectivity index (χ3v) is 2.36. The first-order valence-corrected chi connectivity index (χ1v) is 4.51. The standard InChI is InChI=1S/C8H9BrN2.ClH/c9-8-3-1-2-7(11-8)6-4-5-10-6;/h1-3,6,10H,4-5H2;1H/t6-;/m0./s1. The number of hydrogen-bond acceptors (Lipinski definition) is 2. The van der Waals surface area contributed by atoms with E-state index >= 15 is 0 Å². The molecule has 4 heteroatoms. The average molecular weight is 250 g/mol. The number of pyridine rings is 1. The van der Waals surface area contributed by atoms with E-state index in [4.69, 9.17) is 0 Å². The van der Waals surface area contributed by atoms with Gasteiger partial charge in [0, 0.05) is 0 Å². The third-order valence-electron chi connectivity index (χ3n) is 1.92. The molecule has 1 aromatic heterocycles. The fourth-order valence-electron chi connectivity index (χ4n) is 1.16. The van der Waals surface area contributed by atoms with Crippen LogP contribution in [0.5, 0.6) is 0 Å². The van der Waals surface area contributed by atoms with Gasteiger partial charge in [-0.05, 0) is 41.0 Å². The lowest BCUT2D eigenvalue weighted by Crippen LogP contribution is -2.35. The lowest BCUT2D eigenvalue weighted by molar-refractivity contribution is 0.375. The van der Waals surface area contributed by atoms with E-state index in [1.54, 1.807) is 0 Å². The number of nitrogens with zero attached hydrogens (tertiary/aromatic N) is 1. The van der Waals surface area contributed by atoms with Gasteiger partial charge in [-0.3, -0.25) is 0 Å². The van der Waals surface area contributed by atoms with Crippen molar-refractivity contribution in [3.05, 3.63) is 28.5 Å². The van der Waals surface area contributed by atoms with Gasteiger partial charge in [-0.1, -0.05) is 6.07 Å². The predicted octanol–water partition coefficient (Wildman–Crippen LogP) is 2.30. The molecule has 0 spiro atoms. The Morgan fingerprint density at radius 1 is 1.50 bits per heavy atom. The molecule has 0 amide bonds. The van der Waals surface area contributed by atoms with Crippen molar-refractivity contribution in [2.24, 2.45) is 0 Å². The van der Waals surface area contributed by atoms with Crippen LogP contribution in [0.15, 0.2) is 22.8 Å². The van der Waals surface area contributed by atoms with Gasteiger partial charge in [0.2, 0.25) is 0 Å². The van der Waals surface area contributed by atoms with Gasteiger partial charge < -0.3 is 5.32 Å². The molecule has 12 heavy (non-hydrogen) atoms. The molecule has 1 aliphatic rings. The molecule has 1 saturated heterocycles. The fraction of sp³-hybridized carbons (Fsp3) is 0.375. The Hall–Kier alpha value is -0.120. The van der Waals surface area contributed by atoms with E-state index in [0.717, 1.165) is 16.8 Å². The number of nitrogens with one attached hydrogen (secondary N) is 1. The minimum absolute atomic E-state index is 0. The molecule has 0 unspecified atom stereocenters. The van der Waals surface area contributed by atoms with E-state index in [1.807, 2.05) is 12.1 Å². The second kappa shape index (κ2) is 4.21. The van der Waals surface area contributed by atoms with Crippen LogP contribution in [0.4, 0.5) is 0 Å². The van der Waals surface area contributed by atoms with Crippen LogP contribution in [-0.4, -0.2) is 11.5 Å². The van der Waals surface area contributed by atoms with Crippen molar-refractivity contribution in [2.75, 3.05) is 6.54 Å². The Balaban J connectivity index is 0.000000720. The van der Waals surface area contributed by atoms with Crippen molar-refractivity contribution in [2.45, 2.75) is 12.5 Å². The minimum atomic E-state index is 0. The quantitative estimate of drug-likeness (QED) is 0.773. The molecular weight excluding hydrogens is 239 g/mol. The summed E-state index contributed by atoms with van der Waals surface area (Å²) in [6.07, 6.45) is 1.21. The van der Waals surface area contributed by atoms with Crippen LogP contribution in [0.1, 0.15) is 18.2 Å². The fourth-order valence-corrected chi connectivity index (χ4v) is 1.52. The maximum atomic E-state index is 4.35. The summed E-state index contributed by atoms with van der Waals surface area (Å²) in [5.74, 6) is 0. The van der Waals surface area contributed by atoms with Gasteiger partial charge in [-0.25, -0.2) is 4.98 Å². The number of halogens is 2. The SMILES string of the molecule is Brc1cccc([C@@H]2CCN2)n1.Cl. The summed E-state index contributed by atoms with van der Waals surface area (Å²) in [5, 5.41) is 3.31. The highest BCUT2D eigenvalue weighted by atomic mass is 79.9. The smallest absolute Gasteiger partial charge is 0.106 e. The summed E-state index contributed by atoms with van der Waals surface area (Å²) >= 11 is 3.34. The van der Waals surface area contributed by atoms with Gasteiger partial charge in [0.15, 0.2) is 0 Å². The summed E-state index contributed by atoms with van der Waals surface area (Å²) in [4.78, 5) is 4.35. The minimum Gasteiger partial charge on any atom is -0.309 e. The molecule has 1 fully saturated rings. The monoisotopic (exact) mass is 248 g/mol. The zero-order valence-electron chi connectivity index (χ0n) is 6.46. The van der Waals surface area contributed by atoms with Gasteiger partial charge in [-0.2, -0.15) is 0 Å². The second-order valence-corrected chi connectivity index (χ2v) is 3.49.